The van der Waals surface area contributed by atoms with Gasteiger partial charge >= 0.3 is 0 Å². The van der Waals surface area contributed by atoms with Crippen molar-refractivity contribution in [1.82, 2.24) is 19.7 Å². The molecule has 0 aliphatic carbocycles. The standard InChI is InChI=1S/C13H12N6OS/c14-5-12-18-11(6-21-12)13(20)17-9-1-3-10(4-2-9)19-8-15-7-16-19/h1-4,6-8H,5,14H2,(H,17,20). The van der Waals surface area contributed by atoms with Gasteiger partial charge in [-0.3, -0.25) is 4.79 Å². The molecule has 0 aliphatic heterocycles. The predicted molar refractivity (Wildman–Crippen MR) is 79.3 cm³/mol. The summed E-state index contributed by atoms with van der Waals surface area (Å²) >= 11 is 1.37. The first-order valence-corrected chi connectivity index (χ1v) is 7.05. The molecule has 0 bridgehead atoms. The van der Waals surface area contributed by atoms with Crippen LogP contribution in [0.1, 0.15) is 15.5 Å². The van der Waals surface area contributed by atoms with Crippen LogP contribution < -0.4 is 11.1 Å². The van der Waals surface area contributed by atoms with E-state index in [0.717, 1.165) is 10.7 Å². The average Bonchev–Trinajstić information content (AvgIpc) is 3.19. The maximum absolute atomic E-state index is 12.0. The van der Waals surface area contributed by atoms with E-state index in [4.69, 9.17) is 5.73 Å². The number of hydrogen-bond acceptors (Lipinski definition) is 6. The summed E-state index contributed by atoms with van der Waals surface area (Å²) < 4.78 is 1.64. The molecule has 0 atom stereocenters. The third-order valence-electron chi connectivity index (χ3n) is 2.77. The molecule has 1 amide bonds. The van der Waals surface area contributed by atoms with Crippen LogP contribution in [0.15, 0.2) is 42.3 Å². The van der Waals surface area contributed by atoms with Gasteiger partial charge in [0.1, 0.15) is 23.4 Å². The molecule has 8 heteroatoms. The predicted octanol–water partition coefficient (Wildman–Crippen LogP) is 1.43. The highest BCUT2D eigenvalue weighted by Crippen LogP contribution is 2.15. The van der Waals surface area contributed by atoms with Gasteiger partial charge < -0.3 is 11.1 Å². The Bertz CT molecular complexity index is 734. The van der Waals surface area contributed by atoms with Gasteiger partial charge in [0.2, 0.25) is 0 Å². The number of nitrogens with two attached hydrogens (primary N) is 1. The van der Waals surface area contributed by atoms with Crippen molar-refractivity contribution in [3.63, 3.8) is 0 Å². The molecule has 3 aromatic rings. The number of benzene rings is 1. The first kappa shape index (κ1) is 13.4. The van der Waals surface area contributed by atoms with E-state index in [1.165, 1.54) is 17.7 Å². The molecule has 0 radical (unpaired) electrons. The van der Waals surface area contributed by atoms with Crippen molar-refractivity contribution in [3.8, 4) is 5.69 Å². The van der Waals surface area contributed by atoms with Crippen LogP contribution in [0.5, 0.6) is 0 Å². The fourth-order valence-corrected chi connectivity index (χ4v) is 2.40. The summed E-state index contributed by atoms with van der Waals surface area (Å²) in [5, 5.41) is 9.26. The van der Waals surface area contributed by atoms with Crippen LogP contribution in [-0.2, 0) is 6.54 Å². The highest BCUT2D eigenvalue weighted by atomic mass is 32.1. The number of carbonyl (C=O) groups excluding carboxylic acids is 1. The first-order valence-electron chi connectivity index (χ1n) is 6.17. The van der Waals surface area contributed by atoms with Crippen molar-refractivity contribution in [2.45, 2.75) is 6.54 Å². The topological polar surface area (TPSA) is 98.7 Å². The number of nitrogens with one attached hydrogen (secondary N) is 1. The van der Waals surface area contributed by atoms with Gasteiger partial charge in [-0.1, -0.05) is 0 Å². The van der Waals surface area contributed by atoms with Gasteiger partial charge in [0.05, 0.1) is 5.69 Å². The summed E-state index contributed by atoms with van der Waals surface area (Å²) in [6, 6.07) is 7.28. The number of thiazole rings is 1. The maximum atomic E-state index is 12.0. The summed E-state index contributed by atoms with van der Waals surface area (Å²) in [7, 11) is 0. The third-order valence-corrected chi connectivity index (χ3v) is 3.64. The quantitative estimate of drug-likeness (QED) is 0.759. The number of aromatic nitrogens is 4. The van der Waals surface area contributed by atoms with E-state index < -0.39 is 0 Å². The van der Waals surface area contributed by atoms with Gasteiger partial charge in [0.15, 0.2) is 0 Å². The van der Waals surface area contributed by atoms with Crippen molar-refractivity contribution in [3.05, 3.63) is 53.0 Å². The molecule has 0 unspecified atom stereocenters. The van der Waals surface area contributed by atoms with Gasteiger partial charge in [-0.2, -0.15) is 5.10 Å². The van der Waals surface area contributed by atoms with Gasteiger partial charge in [-0.15, -0.1) is 11.3 Å². The second kappa shape index (κ2) is 5.81. The first-order chi connectivity index (χ1) is 10.3. The minimum absolute atomic E-state index is 0.251. The minimum Gasteiger partial charge on any atom is -0.325 e. The van der Waals surface area contributed by atoms with E-state index in [1.54, 1.807) is 28.5 Å². The van der Waals surface area contributed by atoms with Crippen LogP contribution in [0.3, 0.4) is 0 Å². The largest absolute Gasteiger partial charge is 0.325 e. The van der Waals surface area contributed by atoms with Crippen LogP contribution in [0.2, 0.25) is 0 Å². The third kappa shape index (κ3) is 2.96. The van der Waals surface area contributed by atoms with E-state index in [9.17, 15) is 4.79 Å². The summed E-state index contributed by atoms with van der Waals surface area (Å²) in [6.45, 7) is 0.338. The number of anilines is 1. The Morgan fingerprint density at radius 1 is 1.33 bits per heavy atom. The monoisotopic (exact) mass is 300 g/mol. The minimum atomic E-state index is -0.251. The van der Waals surface area contributed by atoms with Gasteiger partial charge in [0.25, 0.3) is 5.91 Å². The molecule has 3 rings (SSSR count). The Kier molecular flexibility index (Phi) is 3.71. The molecule has 3 N–H and O–H groups in total. The SMILES string of the molecule is NCc1nc(C(=O)Nc2ccc(-n3cncn3)cc2)cs1. The van der Waals surface area contributed by atoms with Crippen molar-refractivity contribution in [2.24, 2.45) is 5.73 Å². The Hall–Kier alpha value is -2.58. The number of hydrogen-bond donors (Lipinski definition) is 2. The Morgan fingerprint density at radius 3 is 2.76 bits per heavy atom. The van der Waals surface area contributed by atoms with Gasteiger partial charge in [0, 0.05) is 17.6 Å². The Morgan fingerprint density at radius 2 is 2.14 bits per heavy atom. The number of amides is 1. The lowest BCUT2D eigenvalue weighted by Crippen LogP contribution is -2.12. The summed E-state index contributed by atoms with van der Waals surface area (Å²) in [5.41, 5.74) is 7.41. The zero-order chi connectivity index (χ0) is 14.7. The molecule has 0 aliphatic rings. The molecule has 0 spiro atoms. The van der Waals surface area contributed by atoms with Gasteiger partial charge in [-0.25, -0.2) is 14.6 Å². The molecule has 7 nitrogen and oxygen atoms in total. The summed E-state index contributed by atoms with van der Waals surface area (Å²) in [4.78, 5) is 20.0. The van der Waals surface area contributed by atoms with E-state index in [0.29, 0.717) is 17.9 Å². The molecule has 0 saturated heterocycles. The number of nitrogens with zero attached hydrogens (tertiary/aromatic N) is 4. The molecule has 106 valence electrons. The molecule has 21 heavy (non-hydrogen) atoms. The van der Waals surface area contributed by atoms with Crippen molar-refractivity contribution in [2.75, 3.05) is 5.32 Å². The number of carbonyl (C=O) groups is 1. The average molecular weight is 300 g/mol. The van der Waals surface area contributed by atoms with Crippen molar-refractivity contribution in [1.29, 1.82) is 0 Å². The molecule has 0 fully saturated rings. The lowest BCUT2D eigenvalue weighted by atomic mass is 10.2. The normalized spacial score (nSPS) is 10.5. The van der Waals surface area contributed by atoms with Crippen LogP contribution >= 0.6 is 11.3 Å². The maximum Gasteiger partial charge on any atom is 0.275 e. The van der Waals surface area contributed by atoms with Crippen molar-refractivity contribution >= 4 is 22.9 Å². The lowest BCUT2D eigenvalue weighted by molar-refractivity contribution is 0.102. The number of rotatable bonds is 4. The molecule has 1 aromatic carbocycles. The highest BCUT2D eigenvalue weighted by Gasteiger charge is 2.10. The van der Waals surface area contributed by atoms with Crippen LogP contribution in [0.25, 0.3) is 5.69 Å². The zero-order valence-electron chi connectivity index (χ0n) is 10.9. The highest BCUT2D eigenvalue weighted by molar-refractivity contribution is 7.09. The molecule has 0 saturated carbocycles. The zero-order valence-corrected chi connectivity index (χ0v) is 11.7. The van der Waals surface area contributed by atoms with E-state index >= 15 is 0 Å². The fraction of sp³-hybridized carbons (Fsp3) is 0.0769. The van der Waals surface area contributed by atoms with Crippen LogP contribution in [0.4, 0.5) is 5.69 Å². The molecular formula is C13H12N6OS. The van der Waals surface area contributed by atoms with Crippen LogP contribution in [-0.4, -0.2) is 25.7 Å². The summed E-state index contributed by atoms with van der Waals surface area (Å²) in [5.74, 6) is -0.251. The van der Waals surface area contributed by atoms with Crippen molar-refractivity contribution < 1.29 is 4.79 Å². The van der Waals surface area contributed by atoms with E-state index in [2.05, 4.69) is 20.4 Å². The van der Waals surface area contributed by atoms with Gasteiger partial charge in [-0.05, 0) is 24.3 Å². The molecule has 2 heterocycles. The van der Waals surface area contributed by atoms with E-state index in [-0.39, 0.29) is 5.91 Å². The second-order valence-corrected chi connectivity index (χ2v) is 5.11. The Balaban J connectivity index is 1.71. The molecular weight excluding hydrogens is 288 g/mol. The second-order valence-electron chi connectivity index (χ2n) is 4.17. The summed E-state index contributed by atoms with van der Waals surface area (Å²) in [6.07, 6.45) is 3.07. The van der Waals surface area contributed by atoms with Crippen LogP contribution in [0, 0.1) is 0 Å². The lowest BCUT2D eigenvalue weighted by Gasteiger charge is -2.05. The van der Waals surface area contributed by atoms with E-state index in [1.807, 2.05) is 12.1 Å². The fourth-order valence-electron chi connectivity index (χ4n) is 1.74. The molecule has 2 aromatic heterocycles. The Labute approximate surface area is 124 Å². The smallest absolute Gasteiger partial charge is 0.275 e.